The summed E-state index contributed by atoms with van der Waals surface area (Å²) in [7, 11) is 0. The SMILES string of the molecule is CCOC(=O)C1CCCN(C(=O)CCNC(=O)c2cccc(C)c2)C1. The molecule has 1 atom stereocenters. The molecule has 6 heteroatoms. The summed E-state index contributed by atoms with van der Waals surface area (Å²) in [4.78, 5) is 37.9. The van der Waals surface area contributed by atoms with Gasteiger partial charge in [-0.2, -0.15) is 0 Å². The molecule has 2 amide bonds. The zero-order chi connectivity index (χ0) is 18.2. The number of benzene rings is 1. The number of rotatable bonds is 6. The Morgan fingerprint density at radius 1 is 1.32 bits per heavy atom. The third-order valence-corrected chi connectivity index (χ3v) is 4.30. The number of amides is 2. The average molecular weight is 346 g/mol. The van der Waals surface area contributed by atoms with Gasteiger partial charge in [0.2, 0.25) is 5.91 Å². The molecule has 1 aromatic rings. The Labute approximate surface area is 148 Å². The molecule has 0 radical (unpaired) electrons. The largest absolute Gasteiger partial charge is 0.466 e. The van der Waals surface area contributed by atoms with Gasteiger partial charge in [0.1, 0.15) is 0 Å². The summed E-state index contributed by atoms with van der Waals surface area (Å²) in [6.45, 7) is 5.40. The predicted molar refractivity (Wildman–Crippen MR) is 94.1 cm³/mol. The molecule has 1 aromatic carbocycles. The number of nitrogens with zero attached hydrogens (tertiary/aromatic N) is 1. The Morgan fingerprint density at radius 3 is 2.84 bits per heavy atom. The second kappa shape index (κ2) is 9.20. The van der Waals surface area contributed by atoms with Crippen molar-refractivity contribution in [2.45, 2.75) is 33.1 Å². The van der Waals surface area contributed by atoms with Crippen LogP contribution < -0.4 is 5.32 Å². The van der Waals surface area contributed by atoms with E-state index in [4.69, 9.17) is 4.74 Å². The molecule has 0 spiro atoms. The number of likely N-dealkylation sites (tertiary alicyclic amines) is 1. The molecule has 1 aliphatic rings. The second-order valence-corrected chi connectivity index (χ2v) is 6.31. The van der Waals surface area contributed by atoms with Crippen molar-refractivity contribution in [3.63, 3.8) is 0 Å². The topological polar surface area (TPSA) is 75.7 Å². The minimum Gasteiger partial charge on any atom is -0.466 e. The molecular weight excluding hydrogens is 320 g/mol. The highest BCUT2D eigenvalue weighted by Gasteiger charge is 2.29. The van der Waals surface area contributed by atoms with Gasteiger partial charge in [0.25, 0.3) is 5.91 Å². The first-order chi connectivity index (χ1) is 12.0. The molecule has 1 heterocycles. The van der Waals surface area contributed by atoms with E-state index in [2.05, 4.69) is 5.32 Å². The lowest BCUT2D eigenvalue weighted by Gasteiger charge is -2.31. The summed E-state index contributed by atoms with van der Waals surface area (Å²) >= 11 is 0. The maximum atomic E-state index is 12.3. The number of hydrogen-bond acceptors (Lipinski definition) is 4. The summed E-state index contributed by atoms with van der Waals surface area (Å²) in [5.41, 5.74) is 1.61. The maximum Gasteiger partial charge on any atom is 0.310 e. The molecule has 6 nitrogen and oxygen atoms in total. The first kappa shape index (κ1) is 19.0. The molecule has 1 unspecified atom stereocenters. The number of ether oxygens (including phenoxy) is 1. The molecule has 1 fully saturated rings. The monoisotopic (exact) mass is 346 g/mol. The first-order valence-corrected chi connectivity index (χ1v) is 8.80. The van der Waals surface area contributed by atoms with E-state index in [1.807, 2.05) is 25.1 Å². The molecule has 2 rings (SSSR count). The first-order valence-electron chi connectivity index (χ1n) is 8.80. The Kier molecular flexibility index (Phi) is 6.98. The van der Waals surface area contributed by atoms with Crippen molar-refractivity contribution in [2.75, 3.05) is 26.2 Å². The van der Waals surface area contributed by atoms with Gasteiger partial charge in [-0.1, -0.05) is 17.7 Å². The summed E-state index contributed by atoms with van der Waals surface area (Å²) in [5.74, 6) is -0.689. The Hall–Kier alpha value is -2.37. The van der Waals surface area contributed by atoms with E-state index in [1.165, 1.54) is 0 Å². The quantitative estimate of drug-likeness (QED) is 0.799. The van der Waals surface area contributed by atoms with Crippen LogP contribution in [-0.4, -0.2) is 48.9 Å². The lowest BCUT2D eigenvalue weighted by atomic mass is 9.98. The number of piperidine rings is 1. The molecule has 136 valence electrons. The average Bonchev–Trinajstić information content (AvgIpc) is 2.62. The normalized spacial score (nSPS) is 17.0. The lowest BCUT2D eigenvalue weighted by molar-refractivity contribution is -0.151. The van der Waals surface area contributed by atoms with Gasteiger partial charge in [0.05, 0.1) is 12.5 Å². The number of esters is 1. The van der Waals surface area contributed by atoms with E-state index >= 15 is 0 Å². The van der Waals surface area contributed by atoms with Gasteiger partial charge in [-0.15, -0.1) is 0 Å². The second-order valence-electron chi connectivity index (χ2n) is 6.31. The van der Waals surface area contributed by atoms with Gasteiger partial charge >= 0.3 is 5.97 Å². The van der Waals surface area contributed by atoms with Crippen LogP contribution in [0, 0.1) is 12.8 Å². The van der Waals surface area contributed by atoms with Crippen molar-refractivity contribution < 1.29 is 19.1 Å². The molecule has 0 aliphatic carbocycles. The Morgan fingerprint density at radius 2 is 2.12 bits per heavy atom. The fourth-order valence-electron chi connectivity index (χ4n) is 2.99. The molecular formula is C19H26N2O4. The highest BCUT2D eigenvalue weighted by molar-refractivity contribution is 5.94. The number of nitrogens with one attached hydrogen (secondary N) is 1. The fourth-order valence-corrected chi connectivity index (χ4v) is 2.99. The van der Waals surface area contributed by atoms with Gasteiger partial charge in [-0.3, -0.25) is 14.4 Å². The van der Waals surface area contributed by atoms with E-state index in [-0.39, 0.29) is 36.7 Å². The standard InChI is InChI=1S/C19H26N2O4/c1-3-25-19(24)16-8-5-11-21(13-16)17(22)9-10-20-18(23)15-7-4-6-14(2)12-15/h4,6-7,12,16H,3,5,8-11,13H2,1-2H3,(H,20,23). The van der Waals surface area contributed by atoms with Crippen molar-refractivity contribution in [3.8, 4) is 0 Å². The summed E-state index contributed by atoms with van der Waals surface area (Å²) in [6.07, 6.45) is 1.78. The third kappa shape index (κ3) is 5.59. The van der Waals surface area contributed by atoms with Crippen LogP contribution in [0.25, 0.3) is 0 Å². The van der Waals surface area contributed by atoms with E-state index in [9.17, 15) is 14.4 Å². The third-order valence-electron chi connectivity index (χ3n) is 4.30. The van der Waals surface area contributed by atoms with E-state index in [0.717, 1.165) is 18.4 Å². The summed E-state index contributed by atoms with van der Waals surface area (Å²) in [6, 6.07) is 7.32. The van der Waals surface area contributed by atoms with E-state index in [0.29, 0.717) is 25.3 Å². The molecule has 0 bridgehead atoms. The Bertz CT molecular complexity index is 630. The van der Waals surface area contributed by atoms with Crippen molar-refractivity contribution in [1.29, 1.82) is 0 Å². The number of carbonyl (C=O) groups is 3. The molecule has 25 heavy (non-hydrogen) atoms. The Balaban J connectivity index is 1.78. The summed E-state index contributed by atoms with van der Waals surface area (Å²) in [5, 5.41) is 2.77. The minimum absolute atomic E-state index is 0.0430. The van der Waals surface area contributed by atoms with E-state index in [1.54, 1.807) is 17.9 Å². The lowest BCUT2D eigenvalue weighted by Crippen LogP contribution is -2.43. The molecule has 1 N–H and O–H groups in total. The van der Waals surface area contributed by atoms with Crippen LogP contribution in [0.3, 0.4) is 0 Å². The highest BCUT2D eigenvalue weighted by Crippen LogP contribution is 2.18. The molecule has 1 saturated heterocycles. The smallest absolute Gasteiger partial charge is 0.310 e. The molecule has 0 aromatic heterocycles. The number of hydrogen-bond donors (Lipinski definition) is 1. The van der Waals surface area contributed by atoms with Gasteiger partial charge in [0.15, 0.2) is 0 Å². The number of aryl methyl sites for hydroxylation is 1. The zero-order valence-corrected chi connectivity index (χ0v) is 14.9. The van der Waals surface area contributed by atoms with Gasteiger partial charge < -0.3 is 15.0 Å². The summed E-state index contributed by atoms with van der Waals surface area (Å²) < 4.78 is 5.05. The van der Waals surface area contributed by atoms with Gasteiger partial charge in [-0.05, 0) is 38.8 Å². The number of carbonyl (C=O) groups excluding carboxylic acids is 3. The maximum absolute atomic E-state index is 12.3. The van der Waals surface area contributed by atoms with Gasteiger partial charge in [-0.25, -0.2) is 0 Å². The van der Waals surface area contributed by atoms with Gasteiger partial charge in [0, 0.05) is 31.6 Å². The molecule has 0 saturated carbocycles. The van der Waals surface area contributed by atoms with Crippen LogP contribution in [0.2, 0.25) is 0 Å². The van der Waals surface area contributed by atoms with Crippen LogP contribution in [0.4, 0.5) is 0 Å². The van der Waals surface area contributed by atoms with E-state index < -0.39 is 0 Å². The van der Waals surface area contributed by atoms with Crippen molar-refractivity contribution in [1.82, 2.24) is 10.2 Å². The highest BCUT2D eigenvalue weighted by atomic mass is 16.5. The van der Waals surface area contributed by atoms with Crippen LogP contribution in [0.15, 0.2) is 24.3 Å². The minimum atomic E-state index is -0.237. The van der Waals surface area contributed by atoms with Crippen molar-refractivity contribution in [3.05, 3.63) is 35.4 Å². The zero-order valence-electron chi connectivity index (χ0n) is 14.9. The van der Waals surface area contributed by atoms with Crippen LogP contribution in [0.5, 0.6) is 0 Å². The molecule has 1 aliphatic heterocycles. The van der Waals surface area contributed by atoms with Crippen molar-refractivity contribution in [2.24, 2.45) is 5.92 Å². The fraction of sp³-hybridized carbons (Fsp3) is 0.526. The van der Waals surface area contributed by atoms with Crippen molar-refractivity contribution >= 4 is 17.8 Å². The van der Waals surface area contributed by atoms with Crippen LogP contribution in [-0.2, 0) is 14.3 Å². The van der Waals surface area contributed by atoms with Crippen LogP contribution >= 0.6 is 0 Å². The predicted octanol–water partition coefficient (Wildman–Crippen LogP) is 1.92. The van der Waals surface area contributed by atoms with Crippen LogP contribution in [0.1, 0.15) is 42.1 Å².